The molecule has 0 radical (unpaired) electrons. The summed E-state index contributed by atoms with van der Waals surface area (Å²) >= 11 is 1.39. The van der Waals surface area contributed by atoms with Gasteiger partial charge in [-0.05, 0) is 92.4 Å². The largest absolute Gasteiger partial charge is 0.475 e. The van der Waals surface area contributed by atoms with Crippen LogP contribution in [0, 0.1) is 19.8 Å². The Kier molecular flexibility index (Phi) is 8.12. The van der Waals surface area contributed by atoms with Gasteiger partial charge in [0.15, 0.2) is 0 Å². The molecule has 1 saturated carbocycles. The first kappa shape index (κ1) is 28.6. The molecule has 4 bridgehead atoms. The molecule has 0 unspecified atom stereocenters. The van der Waals surface area contributed by atoms with E-state index in [-0.39, 0.29) is 11.9 Å². The highest BCUT2D eigenvalue weighted by Gasteiger charge is 2.33. The van der Waals surface area contributed by atoms with Gasteiger partial charge in [0.1, 0.15) is 12.4 Å². The minimum Gasteiger partial charge on any atom is -0.475 e. The Morgan fingerprint density at radius 1 is 0.932 bits per heavy atom. The second kappa shape index (κ2) is 12.5. The molecule has 1 aliphatic carbocycles. The van der Waals surface area contributed by atoms with Crippen LogP contribution in [0.5, 0.6) is 5.88 Å². The minimum atomic E-state index is -0.140. The maximum Gasteiger partial charge on any atom is 0.254 e. The summed E-state index contributed by atoms with van der Waals surface area (Å²) in [7, 11) is 0. The van der Waals surface area contributed by atoms with Gasteiger partial charge in [0.2, 0.25) is 11.8 Å². The molecule has 3 aliphatic rings. The van der Waals surface area contributed by atoms with Gasteiger partial charge in [-0.15, -0.1) is 0 Å². The van der Waals surface area contributed by atoms with E-state index in [2.05, 4.69) is 53.8 Å². The van der Waals surface area contributed by atoms with Gasteiger partial charge in [-0.2, -0.15) is 4.98 Å². The number of rotatable bonds is 6. The number of benzene rings is 2. The average Bonchev–Trinajstić information content (AvgIpc) is 3.68. The number of aryl methyl sites for hydroxylation is 2. The molecule has 1 atom stereocenters. The highest BCUT2D eigenvalue weighted by Crippen LogP contribution is 2.36. The number of carbonyl (C=O) groups is 1. The van der Waals surface area contributed by atoms with E-state index in [1.807, 2.05) is 41.3 Å². The fourth-order valence-electron chi connectivity index (χ4n) is 6.28. The monoisotopic (exact) mass is 606 g/mol. The van der Waals surface area contributed by atoms with Crippen molar-refractivity contribution < 1.29 is 9.53 Å². The van der Waals surface area contributed by atoms with Gasteiger partial charge in [0.25, 0.3) is 5.91 Å². The van der Waals surface area contributed by atoms with Crippen LogP contribution in [0.2, 0.25) is 0 Å². The molecule has 226 valence electrons. The normalized spacial score (nSPS) is 18.6. The number of fused-ring (bicyclic) bond motifs is 4. The van der Waals surface area contributed by atoms with E-state index in [4.69, 9.17) is 19.7 Å². The summed E-state index contributed by atoms with van der Waals surface area (Å²) in [5.41, 5.74) is 5.72. The molecule has 4 aromatic rings. The number of ether oxygens (including phenoxy) is 1. The molecule has 9 heteroatoms. The zero-order valence-corrected chi connectivity index (χ0v) is 26.1. The fraction of sp³-hybridized carbons (Fsp3) is 0.371. The number of anilines is 2. The van der Waals surface area contributed by atoms with Crippen molar-refractivity contribution in [1.82, 2.24) is 19.9 Å². The van der Waals surface area contributed by atoms with Crippen molar-refractivity contribution in [2.24, 2.45) is 5.92 Å². The number of nitrogens with zero attached hydrogens (tertiary/aromatic N) is 5. The molecule has 1 N–H and O–H groups in total. The van der Waals surface area contributed by atoms with Gasteiger partial charge in [0.05, 0.1) is 24.0 Å². The summed E-state index contributed by atoms with van der Waals surface area (Å²) in [6, 6.07) is 22.0. The van der Waals surface area contributed by atoms with Crippen molar-refractivity contribution in [1.29, 1.82) is 0 Å². The third-order valence-electron chi connectivity index (χ3n) is 8.76. The summed E-state index contributed by atoms with van der Waals surface area (Å²) in [5, 5.41) is 0. The van der Waals surface area contributed by atoms with E-state index in [0.29, 0.717) is 36.5 Å². The lowest BCUT2D eigenvalue weighted by Crippen LogP contribution is -2.44. The first-order valence-electron chi connectivity index (χ1n) is 15.6. The van der Waals surface area contributed by atoms with E-state index in [1.54, 1.807) is 0 Å². The summed E-state index contributed by atoms with van der Waals surface area (Å²) in [6.07, 6.45) is 5.63. The molecule has 8 nitrogen and oxygen atoms in total. The van der Waals surface area contributed by atoms with E-state index in [0.717, 1.165) is 58.3 Å². The lowest BCUT2D eigenvalue weighted by atomic mass is 10.00. The Morgan fingerprint density at radius 3 is 2.50 bits per heavy atom. The molecule has 2 aromatic heterocycles. The highest BCUT2D eigenvalue weighted by molar-refractivity contribution is 8.00. The van der Waals surface area contributed by atoms with Crippen LogP contribution < -0.4 is 14.4 Å². The van der Waals surface area contributed by atoms with Crippen molar-refractivity contribution in [3.8, 4) is 17.1 Å². The van der Waals surface area contributed by atoms with Crippen LogP contribution in [0.3, 0.4) is 0 Å². The Labute approximate surface area is 263 Å². The van der Waals surface area contributed by atoms with Gasteiger partial charge in [0, 0.05) is 35.2 Å². The number of aromatic nitrogens is 3. The van der Waals surface area contributed by atoms with E-state index in [9.17, 15) is 4.79 Å². The Balaban J connectivity index is 1.27. The van der Waals surface area contributed by atoms with Crippen LogP contribution in [0.15, 0.2) is 71.6 Å². The smallest absolute Gasteiger partial charge is 0.254 e. The molecule has 2 fully saturated rings. The first-order valence-corrected chi connectivity index (χ1v) is 16.4. The van der Waals surface area contributed by atoms with Crippen molar-refractivity contribution in [2.45, 2.75) is 63.4 Å². The Bertz CT molecular complexity index is 1650. The van der Waals surface area contributed by atoms with Gasteiger partial charge in [-0.25, -0.2) is 9.97 Å². The van der Waals surface area contributed by atoms with E-state index < -0.39 is 0 Å². The highest BCUT2D eigenvalue weighted by atomic mass is 32.2. The van der Waals surface area contributed by atoms with Gasteiger partial charge >= 0.3 is 0 Å². The Morgan fingerprint density at radius 2 is 1.70 bits per heavy atom. The summed E-state index contributed by atoms with van der Waals surface area (Å²) in [5.74, 6) is 2.54. The molecule has 4 heterocycles. The lowest BCUT2D eigenvalue weighted by molar-refractivity contribution is 0.0561. The summed E-state index contributed by atoms with van der Waals surface area (Å²) in [6.45, 7) is 7.01. The number of hydrogen-bond donors (Lipinski definition) is 1. The maximum absolute atomic E-state index is 14.3. The molecule has 1 saturated heterocycles. The van der Waals surface area contributed by atoms with Crippen LogP contribution in [0.25, 0.3) is 11.3 Å². The second-order valence-corrected chi connectivity index (χ2v) is 13.1. The van der Waals surface area contributed by atoms with Crippen LogP contribution >= 0.6 is 11.9 Å². The van der Waals surface area contributed by atoms with Crippen molar-refractivity contribution in [2.75, 3.05) is 29.3 Å². The van der Waals surface area contributed by atoms with Crippen molar-refractivity contribution >= 4 is 29.6 Å². The van der Waals surface area contributed by atoms with E-state index in [1.165, 1.54) is 37.6 Å². The minimum absolute atomic E-state index is 0.0108. The third-order valence-corrected chi connectivity index (χ3v) is 9.54. The van der Waals surface area contributed by atoms with E-state index >= 15 is 0 Å². The average molecular weight is 607 g/mol. The van der Waals surface area contributed by atoms with Gasteiger partial charge < -0.3 is 14.5 Å². The number of pyridine rings is 1. The van der Waals surface area contributed by atoms with Crippen LogP contribution in [-0.2, 0) is 6.54 Å². The lowest BCUT2D eigenvalue weighted by Gasteiger charge is -2.32. The summed E-state index contributed by atoms with van der Waals surface area (Å²) in [4.78, 5) is 34.2. The second-order valence-electron chi connectivity index (χ2n) is 12.2. The molecule has 44 heavy (non-hydrogen) atoms. The number of hydrogen-bond acceptors (Lipinski definition) is 8. The molecule has 7 rings (SSSR count). The van der Waals surface area contributed by atoms with Crippen molar-refractivity contribution in [3.63, 3.8) is 0 Å². The first-order chi connectivity index (χ1) is 21.5. The van der Waals surface area contributed by atoms with Crippen LogP contribution in [0.4, 0.5) is 11.8 Å². The molecule has 1 amide bonds. The maximum atomic E-state index is 14.3. The topological polar surface area (TPSA) is 83.5 Å². The van der Waals surface area contributed by atoms with Gasteiger partial charge in [-0.3, -0.25) is 9.52 Å². The van der Waals surface area contributed by atoms with Gasteiger partial charge in [-0.1, -0.05) is 43.2 Å². The summed E-state index contributed by atoms with van der Waals surface area (Å²) < 4.78 is 9.81. The number of carbonyl (C=O) groups excluding carboxylic acids is 1. The zero-order chi connectivity index (χ0) is 30.0. The van der Waals surface area contributed by atoms with Crippen molar-refractivity contribution in [3.05, 3.63) is 89.1 Å². The molecule has 2 aromatic carbocycles. The van der Waals surface area contributed by atoms with Crippen LogP contribution in [-0.4, -0.2) is 51.5 Å². The fourth-order valence-corrected chi connectivity index (χ4v) is 6.91. The molecule has 2 aliphatic heterocycles. The SMILES string of the molecule is Cc1cccc(C)c1-c1cc2nc(n1)NSc1cccc(c1)C(=O)N(Cc1cccc(N3CCCC3)n1)[C@H](CC1CC1)CO2. The number of amides is 1. The Hall–Kier alpha value is -4.11. The zero-order valence-electron chi connectivity index (χ0n) is 25.3. The molecule has 0 spiro atoms. The quantitative estimate of drug-likeness (QED) is 0.233. The standard InChI is InChI=1S/C35H38N6O2S/c1-23-8-5-9-24(2)33(23)30-20-32-38-35(37-30)39-44-29-12-6-10-26(19-29)34(42)41(28(22-43-32)18-25-14-15-25)21-27-11-7-13-31(36-27)40-16-3-4-17-40/h5-13,19-20,25,28H,3-4,14-18,21-22H2,1-2H3,(H,37,38,39)/t28-/m1/s1. The predicted octanol–water partition coefficient (Wildman–Crippen LogP) is 7.08. The predicted molar refractivity (Wildman–Crippen MR) is 175 cm³/mol. The van der Waals surface area contributed by atoms with Crippen LogP contribution in [0.1, 0.15) is 59.3 Å². The number of nitrogens with one attached hydrogen (secondary N) is 1. The third kappa shape index (κ3) is 6.38. The molecular formula is C35H38N6O2S. The molecular weight excluding hydrogens is 568 g/mol.